The molecule has 0 bridgehead atoms. The zero-order valence-corrected chi connectivity index (χ0v) is 9.14. The van der Waals surface area contributed by atoms with Gasteiger partial charge in [0.15, 0.2) is 0 Å². The molecule has 0 atom stereocenters. The Kier molecular flexibility index (Phi) is 9.10. The SMILES string of the molecule is CCC[N+](C)(CCC)CCC.[OH-]. The van der Waals surface area contributed by atoms with Crippen molar-refractivity contribution in [3.05, 3.63) is 0 Å². The lowest BCUT2D eigenvalue weighted by Gasteiger charge is -2.33. The molecule has 0 unspecified atom stereocenters. The molecule has 0 aromatic carbocycles. The van der Waals surface area contributed by atoms with Crippen molar-refractivity contribution in [2.45, 2.75) is 40.0 Å². The third-order valence-electron chi connectivity index (χ3n) is 2.29. The Morgan fingerprint density at radius 1 is 0.750 bits per heavy atom. The Balaban J connectivity index is 0. The number of hydrogen-bond acceptors (Lipinski definition) is 1. The molecule has 0 saturated heterocycles. The van der Waals surface area contributed by atoms with Crippen LogP contribution in [0, 0.1) is 0 Å². The molecule has 1 N–H and O–H groups in total. The summed E-state index contributed by atoms with van der Waals surface area (Å²) in [6.07, 6.45) is 3.95. The summed E-state index contributed by atoms with van der Waals surface area (Å²) in [5.41, 5.74) is 0. The maximum absolute atomic E-state index is 2.39. The highest BCUT2D eigenvalue weighted by atomic mass is 16.0. The van der Waals surface area contributed by atoms with Crippen LogP contribution in [0.4, 0.5) is 0 Å². The van der Waals surface area contributed by atoms with Gasteiger partial charge in [0.2, 0.25) is 0 Å². The average Bonchev–Trinajstić information content (AvgIpc) is 1.88. The highest BCUT2D eigenvalue weighted by Gasteiger charge is 2.16. The van der Waals surface area contributed by atoms with Gasteiger partial charge in [-0.2, -0.15) is 0 Å². The van der Waals surface area contributed by atoms with E-state index in [-0.39, 0.29) is 5.48 Å². The molecule has 0 fully saturated rings. The van der Waals surface area contributed by atoms with Crippen molar-refractivity contribution in [2.24, 2.45) is 0 Å². The summed E-state index contributed by atoms with van der Waals surface area (Å²) >= 11 is 0. The normalized spacial score (nSPS) is 11.0. The maximum atomic E-state index is 2.39. The van der Waals surface area contributed by atoms with Crippen LogP contribution in [0.3, 0.4) is 0 Å². The lowest BCUT2D eigenvalue weighted by Crippen LogP contribution is -2.45. The van der Waals surface area contributed by atoms with E-state index in [0.29, 0.717) is 0 Å². The minimum atomic E-state index is 0. The van der Waals surface area contributed by atoms with Crippen molar-refractivity contribution in [1.29, 1.82) is 0 Å². The van der Waals surface area contributed by atoms with Crippen LogP contribution in [0.25, 0.3) is 0 Å². The van der Waals surface area contributed by atoms with E-state index in [2.05, 4.69) is 27.8 Å². The van der Waals surface area contributed by atoms with Gasteiger partial charge in [-0.25, -0.2) is 0 Å². The third-order valence-corrected chi connectivity index (χ3v) is 2.29. The van der Waals surface area contributed by atoms with E-state index in [1.54, 1.807) is 0 Å². The van der Waals surface area contributed by atoms with Gasteiger partial charge in [-0.3, -0.25) is 0 Å². The fourth-order valence-electron chi connectivity index (χ4n) is 1.95. The standard InChI is InChI=1S/C10H24N.H2O/c1-5-8-11(4,9-6-2)10-7-3;/h5-10H2,1-4H3;1H2/q+1;/p-1. The maximum Gasteiger partial charge on any atom is 0.0781 e. The van der Waals surface area contributed by atoms with E-state index in [9.17, 15) is 0 Å². The molecule has 2 heteroatoms. The van der Waals surface area contributed by atoms with Crippen LogP contribution in [-0.4, -0.2) is 36.6 Å². The molecule has 0 saturated carbocycles. The van der Waals surface area contributed by atoms with Gasteiger partial charge in [0.25, 0.3) is 0 Å². The van der Waals surface area contributed by atoms with Gasteiger partial charge in [0.1, 0.15) is 0 Å². The molecule has 0 spiro atoms. The van der Waals surface area contributed by atoms with E-state index in [1.165, 1.54) is 43.4 Å². The van der Waals surface area contributed by atoms with Crippen molar-refractivity contribution < 1.29 is 9.96 Å². The Morgan fingerprint density at radius 2 is 1.00 bits per heavy atom. The van der Waals surface area contributed by atoms with Crippen LogP contribution in [0.5, 0.6) is 0 Å². The predicted molar refractivity (Wildman–Crippen MR) is 53.6 cm³/mol. The molecule has 12 heavy (non-hydrogen) atoms. The summed E-state index contributed by atoms with van der Waals surface area (Å²) < 4.78 is 1.28. The highest BCUT2D eigenvalue weighted by Crippen LogP contribution is 2.06. The molecule has 0 aliphatic heterocycles. The second-order valence-corrected chi connectivity index (χ2v) is 3.79. The Labute approximate surface area is 77.5 Å². The Morgan fingerprint density at radius 3 is 1.17 bits per heavy atom. The highest BCUT2D eigenvalue weighted by molar-refractivity contribution is 4.37. The van der Waals surface area contributed by atoms with Crippen molar-refractivity contribution in [3.8, 4) is 0 Å². The zero-order valence-electron chi connectivity index (χ0n) is 9.14. The third kappa shape index (κ3) is 5.56. The molecular formula is C10H25NO. The Hall–Kier alpha value is -0.0800. The van der Waals surface area contributed by atoms with Gasteiger partial charge in [0, 0.05) is 0 Å². The van der Waals surface area contributed by atoms with Crippen LogP contribution in [0.15, 0.2) is 0 Å². The van der Waals surface area contributed by atoms with Gasteiger partial charge in [0.05, 0.1) is 26.7 Å². The van der Waals surface area contributed by atoms with E-state index in [1.807, 2.05) is 0 Å². The second kappa shape index (κ2) is 7.56. The van der Waals surface area contributed by atoms with Crippen LogP contribution < -0.4 is 0 Å². The molecule has 0 heterocycles. The molecule has 2 nitrogen and oxygen atoms in total. The van der Waals surface area contributed by atoms with Gasteiger partial charge in [-0.05, 0) is 19.3 Å². The summed E-state index contributed by atoms with van der Waals surface area (Å²) in [4.78, 5) is 0. The molecule has 0 radical (unpaired) electrons. The van der Waals surface area contributed by atoms with E-state index in [4.69, 9.17) is 0 Å². The first kappa shape index (κ1) is 14.4. The topological polar surface area (TPSA) is 30.0 Å². The fraction of sp³-hybridized carbons (Fsp3) is 1.00. The number of nitrogens with zero attached hydrogens (tertiary/aromatic N) is 1. The summed E-state index contributed by atoms with van der Waals surface area (Å²) in [6, 6.07) is 0. The van der Waals surface area contributed by atoms with Crippen LogP contribution in [0.1, 0.15) is 40.0 Å². The second-order valence-electron chi connectivity index (χ2n) is 3.79. The number of hydrogen-bond donors (Lipinski definition) is 0. The molecular weight excluding hydrogens is 150 g/mol. The summed E-state index contributed by atoms with van der Waals surface area (Å²) in [6.45, 7) is 10.9. The van der Waals surface area contributed by atoms with Gasteiger partial charge < -0.3 is 9.96 Å². The van der Waals surface area contributed by atoms with E-state index >= 15 is 0 Å². The summed E-state index contributed by atoms with van der Waals surface area (Å²) in [7, 11) is 2.39. The van der Waals surface area contributed by atoms with Crippen molar-refractivity contribution >= 4 is 0 Å². The summed E-state index contributed by atoms with van der Waals surface area (Å²) in [5.74, 6) is 0. The fourth-order valence-corrected chi connectivity index (χ4v) is 1.95. The molecule has 0 aliphatic rings. The predicted octanol–water partition coefficient (Wildman–Crippen LogP) is 2.49. The molecule has 0 aliphatic carbocycles. The lowest BCUT2D eigenvalue weighted by atomic mass is 10.2. The first-order valence-electron chi connectivity index (χ1n) is 5.02. The average molecular weight is 175 g/mol. The first-order valence-corrected chi connectivity index (χ1v) is 5.02. The molecule has 0 rings (SSSR count). The quantitative estimate of drug-likeness (QED) is 0.570. The van der Waals surface area contributed by atoms with E-state index < -0.39 is 0 Å². The monoisotopic (exact) mass is 175 g/mol. The minimum Gasteiger partial charge on any atom is -0.870 e. The first-order chi connectivity index (χ1) is 5.18. The van der Waals surface area contributed by atoms with E-state index in [0.717, 1.165) is 0 Å². The van der Waals surface area contributed by atoms with Crippen molar-refractivity contribution in [3.63, 3.8) is 0 Å². The van der Waals surface area contributed by atoms with Crippen LogP contribution >= 0.6 is 0 Å². The van der Waals surface area contributed by atoms with Crippen LogP contribution in [0.2, 0.25) is 0 Å². The van der Waals surface area contributed by atoms with Crippen LogP contribution in [-0.2, 0) is 0 Å². The van der Waals surface area contributed by atoms with Gasteiger partial charge in [-0.1, -0.05) is 20.8 Å². The number of rotatable bonds is 6. The molecule has 0 aromatic rings. The van der Waals surface area contributed by atoms with Crippen molar-refractivity contribution in [2.75, 3.05) is 26.7 Å². The smallest absolute Gasteiger partial charge is 0.0781 e. The molecule has 76 valence electrons. The largest absolute Gasteiger partial charge is 0.870 e. The lowest BCUT2D eigenvalue weighted by molar-refractivity contribution is -0.909. The number of quaternary nitrogens is 1. The zero-order chi connectivity index (χ0) is 8.74. The van der Waals surface area contributed by atoms with Gasteiger partial charge in [-0.15, -0.1) is 0 Å². The molecule has 0 amide bonds. The summed E-state index contributed by atoms with van der Waals surface area (Å²) in [5, 5.41) is 0. The Bertz CT molecular complexity index is 76.8. The van der Waals surface area contributed by atoms with Crippen molar-refractivity contribution in [1.82, 2.24) is 0 Å². The van der Waals surface area contributed by atoms with Gasteiger partial charge >= 0.3 is 0 Å². The molecule has 0 aromatic heterocycles. The minimum absolute atomic E-state index is 0.